The minimum absolute atomic E-state index is 0.0579. The monoisotopic (exact) mass is 296 g/mol. The fraction of sp³-hybridized carbons (Fsp3) is 0.263. The Labute approximate surface area is 131 Å². The van der Waals surface area contributed by atoms with E-state index in [-0.39, 0.29) is 12.7 Å². The molecule has 0 fully saturated rings. The SMILES string of the molecule is C=C[C@H](c1ccccc1)c1cc2c(cc1OCCC)OCO2. The second-order valence-corrected chi connectivity index (χ2v) is 5.22. The fourth-order valence-corrected chi connectivity index (χ4v) is 2.62. The van der Waals surface area contributed by atoms with Gasteiger partial charge in [-0.1, -0.05) is 43.3 Å². The van der Waals surface area contributed by atoms with Crippen LogP contribution in [0.4, 0.5) is 0 Å². The summed E-state index contributed by atoms with van der Waals surface area (Å²) in [5.41, 5.74) is 2.23. The number of ether oxygens (including phenoxy) is 3. The van der Waals surface area contributed by atoms with Crippen molar-refractivity contribution in [1.82, 2.24) is 0 Å². The Morgan fingerprint density at radius 1 is 1.18 bits per heavy atom. The summed E-state index contributed by atoms with van der Waals surface area (Å²) >= 11 is 0. The Balaban J connectivity index is 2.05. The first-order chi connectivity index (χ1) is 10.8. The lowest BCUT2D eigenvalue weighted by atomic mass is 9.90. The molecule has 1 aliphatic heterocycles. The predicted octanol–water partition coefficient (Wildman–Crippen LogP) is 4.52. The van der Waals surface area contributed by atoms with Gasteiger partial charge in [0.15, 0.2) is 11.5 Å². The molecule has 3 heteroatoms. The number of fused-ring (bicyclic) bond motifs is 1. The van der Waals surface area contributed by atoms with Gasteiger partial charge in [0.05, 0.1) is 6.61 Å². The summed E-state index contributed by atoms with van der Waals surface area (Å²) in [5.74, 6) is 2.40. The van der Waals surface area contributed by atoms with E-state index in [0.29, 0.717) is 6.61 Å². The molecule has 0 spiro atoms. The van der Waals surface area contributed by atoms with Crippen LogP contribution in [0.3, 0.4) is 0 Å². The van der Waals surface area contributed by atoms with E-state index < -0.39 is 0 Å². The summed E-state index contributed by atoms with van der Waals surface area (Å²) in [4.78, 5) is 0. The first-order valence-electron chi connectivity index (χ1n) is 7.57. The Morgan fingerprint density at radius 3 is 2.59 bits per heavy atom. The average Bonchev–Trinajstić information content (AvgIpc) is 3.01. The van der Waals surface area contributed by atoms with E-state index in [9.17, 15) is 0 Å². The van der Waals surface area contributed by atoms with Crippen molar-refractivity contribution in [2.75, 3.05) is 13.4 Å². The molecule has 22 heavy (non-hydrogen) atoms. The molecule has 0 amide bonds. The molecule has 2 aromatic carbocycles. The molecular weight excluding hydrogens is 276 g/mol. The van der Waals surface area contributed by atoms with Crippen LogP contribution in [0.1, 0.15) is 30.4 Å². The van der Waals surface area contributed by atoms with E-state index in [2.05, 4.69) is 25.6 Å². The molecule has 0 N–H and O–H groups in total. The number of allylic oxidation sites excluding steroid dienone is 1. The molecular formula is C19H20O3. The largest absolute Gasteiger partial charge is 0.493 e. The fourth-order valence-electron chi connectivity index (χ4n) is 2.62. The van der Waals surface area contributed by atoms with E-state index in [4.69, 9.17) is 14.2 Å². The summed E-state index contributed by atoms with van der Waals surface area (Å²) in [6, 6.07) is 14.2. The number of rotatable bonds is 6. The van der Waals surface area contributed by atoms with Gasteiger partial charge in [0, 0.05) is 17.5 Å². The van der Waals surface area contributed by atoms with E-state index in [1.807, 2.05) is 36.4 Å². The number of benzene rings is 2. The molecule has 3 rings (SSSR count). The highest BCUT2D eigenvalue weighted by atomic mass is 16.7. The second kappa shape index (κ2) is 6.56. The molecule has 114 valence electrons. The van der Waals surface area contributed by atoms with Crippen molar-refractivity contribution in [2.24, 2.45) is 0 Å². The van der Waals surface area contributed by atoms with Crippen LogP contribution in [0.25, 0.3) is 0 Å². The van der Waals surface area contributed by atoms with Gasteiger partial charge in [0.2, 0.25) is 6.79 Å². The van der Waals surface area contributed by atoms with Gasteiger partial charge in [0.1, 0.15) is 5.75 Å². The Kier molecular flexibility index (Phi) is 4.33. The highest BCUT2D eigenvalue weighted by molar-refractivity contribution is 5.55. The maximum atomic E-state index is 5.93. The number of hydrogen-bond acceptors (Lipinski definition) is 3. The zero-order valence-corrected chi connectivity index (χ0v) is 12.7. The van der Waals surface area contributed by atoms with Gasteiger partial charge >= 0.3 is 0 Å². The van der Waals surface area contributed by atoms with Crippen molar-refractivity contribution in [3.05, 3.63) is 66.2 Å². The van der Waals surface area contributed by atoms with Crippen molar-refractivity contribution in [3.63, 3.8) is 0 Å². The first kappa shape index (κ1) is 14.5. The lowest BCUT2D eigenvalue weighted by Gasteiger charge is -2.19. The molecule has 1 heterocycles. The molecule has 1 atom stereocenters. The highest BCUT2D eigenvalue weighted by Gasteiger charge is 2.22. The van der Waals surface area contributed by atoms with Crippen LogP contribution in [0.15, 0.2) is 55.1 Å². The van der Waals surface area contributed by atoms with Crippen molar-refractivity contribution >= 4 is 0 Å². The van der Waals surface area contributed by atoms with E-state index in [1.165, 1.54) is 5.56 Å². The summed E-state index contributed by atoms with van der Waals surface area (Å²) in [6.07, 6.45) is 2.89. The lowest BCUT2D eigenvalue weighted by molar-refractivity contribution is 0.173. The van der Waals surface area contributed by atoms with Gasteiger partial charge < -0.3 is 14.2 Å². The molecule has 0 aromatic heterocycles. The Morgan fingerprint density at radius 2 is 1.91 bits per heavy atom. The topological polar surface area (TPSA) is 27.7 Å². The first-order valence-corrected chi connectivity index (χ1v) is 7.57. The van der Waals surface area contributed by atoms with Crippen molar-refractivity contribution < 1.29 is 14.2 Å². The molecule has 1 aliphatic rings. The van der Waals surface area contributed by atoms with Crippen LogP contribution < -0.4 is 14.2 Å². The third-order valence-electron chi connectivity index (χ3n) is 3.70. The third-order valence-corrected chi connectivity index (χ3v) is 3.70. The maximum Gasteiger partial charge on any atom is 0.231 e. The van der Waals surface area contributed by atoms with Crippen LogP contribution in [0, 0.1) is 0 Å². The molecule has 2 aromatic rings. The smallest absolute Gasteiger partial charge is 0.231 e. The van der Waals surface area contributed by atoms with Gasteiger partial charge in [-0.15, -0.1) is 6.58 Å². The standard InChI is InChI=1S/C19H20O3/c1-3-10-20-17-12-19-18(21-13-22-19)11-16(17)15(4-2)14-8-6-5-7-9-14/h4-9,11-12,15H,2-3,10,13H2,1H3/t15-/m1/s1. The molecule has 0 aliphatic carbocycles. The Bertz CT molecular complexity index is 649. The van der Waals surface area contributed by atoms with Crippen molar-refractivity contribution in [3.8, 4) is 17.2 Å². The zero-order chi connectivity index (χ0) is 15.4. The van der Waals surface area contributed by atoms with E-state index >= 15 is 0 Å². The van der Waals surface area contributed by atoms with Crippen LogP contribution in [0.5, 0.6) is 17.2 Å². The molecule has 0 saturated heterocycles. The van der Waals surface area contributed by atoms with E-state index in [0.717, 1.165) is 29.2 Å². The molecule has 0 radical (unpaired) electrons. The van der Waals surface area contributed by atoms with Gasteiger partial charge in [-0.3, -0.25) is 0 Å². The lowest BCUT2D eigenvalue weighted by Crippen LogP contribution is -2.04. The van der Waals surface area contributed by atoms with Gasteiger partial charge in [-0.2, -0.15) is 0 Å². The zero-order valence-electron chi connectivity index (χ0n) is 12.7. The second-order valence-electron chi connectivity index (χ2n) is 5.22. The quantitative estimate of drug-likeness (QED) is 0.733. The van der Waals surface area contributed by atoms with Crippen LogP contribution in [-0.4, -0.2) is 13.4 Å². The highest BCUT2D eigenvalue weighted by Crippen LogP contribution is 2.42. The summed E-state index contributed by atoms with van der Waals surface area (Å²) in [5, 5.41) is 0. The van der Waals surface area contributed by atoms with Crippen molar-refractivity contribution in [2.45, 2.75) is 19.3 Å². The summed E-state index contributed by atoms with van der Waals surface area (Å²) in [6.45, 7) is 7.03. The Hall–Kier alpha value is -2.42. The van der Waals surface area contributed by atoms with E-state index in [1.54, 1.807) is 0 Å². The van der Waals surface area contributed by atoms with Gasteiger partial charge in [-0.05, 0) is 18.1 Å². The molecule has 0 saturated carbocycles. The van der Waals surface area contributed by atoms with Crippen molar-refractivity contribution in [1.29, 1.82) is 0 Å². The normalized spacial score (nSPS) is 13.7. The molecule has 0 unspecified atom stereocenters. The average molecular weight is 296 g/mol. The van der Waals surface area contributed by atoms with Gasteiger partial charge in [-0.25, -0.2) is 0 Å². The molecule has 0 bridgehead atoms. The maximum absolute atomic E-state index is 5.93. The summed E-state index contributed by atoms with van der Waals surface area (Å²) in [7, 11) is 0. The summed E-state index contributed by atoms with van der Waals surface area (Å²) < 4.78 is 16.9. The number of hydrogen-bond donors (Lipinski definition) is 0. The molecule has 3 nitrogen and oxygen atoms in total. The predicted molar refractivity (Wildman–Crippen MR) is 86.8 cm³/mol. The minimum atomic E-state index is 0.0579. The van der Waals surface area contributed by atoms with Crippen LogP contribution >= 0.6 is 0 Å². The third kappa shape index (κ3) is 2.80. The van der Waals surface area contributed by atoms with Crippen LogP contribution in [-0.2, 0) is 0 Å². The van der Waals surface area contributed by atoms with Gasteiger partial charge in [0.25, 0.3) is 0 Å². The minimum Gasteiger partial charge on any atom is -0.493 e. The van der Waals surface area contributed by atoms with Crippen LogP contribution in [0.2, 0.25) is 0 Å².